The van der Waals surface area contributed by atoms with Crippen molar-refractivity contribution in [2.75, 3.05) is 13.1 Å². The van der Waals surface area contributed by atoms with Crippen LogP contribution in [-0.4, -0.2) is 18.1 Å². The Bertz CT molecular complexity index is 640. The van der Waals surface area contributed by atoms with Gasteiger partial charge in [0.2, 0.25) is 0 Å². The van der Waals surface area contributed by atoms with Crippen LogP contribution in [0.15, 0.2) is 54.2 Å². The van der Waals surface area contributed by atoms with Gasteiger partial charge in [-0.2, -0.15) is 0 Å². The molecule has 1 aliphatic heterocycles. The molecule has 2 heteroatoms. The van der Waals surface area contributed by atoms with Crippen molar-refractivity contribution in [2.45, 2.75) is 25.2 Å². The average molecular weight is 276 g/mol. The number of benzene rings is 1. The molecule has 2 aromatic rings. The van der Waals surface area contributed by atoms with Gasteiger partial charge in [0.05, 0.1) is 5.69 Å². The Kier molecular flexibility index (Phi) is 3.32. The lowest BCUT2D eigenvalue weighted by Crippen LogP contribution is -2.23. The highest BCUT2D eigenvalue weighted by atomic mass is 14.9. The first-order chi connectivity index (χ1) is 10.4. The Morgan fingerprint density at radius 3 is 2.71 bits per heavy atom. The van der Waals surface area contributed by atoms with Crippen LogP contribution >= 0.6 is 0 Å². The van der Waals surface area contributed by atoms with Gasteiger partial charge < -0.3 is 5.32 Å². The lowest BCUT2D eigenvalue weighted by atomic mass is 9.83. The molecule has 2 heterocycles. The lowest BCUT2D eigenvalue weighted by molar-refractivity contribution is 0.667. The van der Waals surface area contributed by atoms with Crippen molar-refractivity contribution in [3.63, 3.8) is 0 Å². The van der Waals surface area contributed by atoms with Crippen LogP contribution in [0.5, 0.6) is 0 Å². The number of nitrogens with zero attached hydrogens (tertiary/aromatic N) is 1. The second kappa shape index (κ2) is 5.45. The number of hydrogen-bond acceptors (Lipinski definition) is 2. The number of aromatic nitrogens is 1. The molecule has 0 fully saturated rings. The van der Waals surface area contributed by atoms with Gasteiger partial charge in [-0.15, -0.1) is 0 Å². The molecule has 2 aliphatic rings. The fraction of sp³-hybridized carbons (Fsp3) is 0.316. The molecule has 106 valence electrons. The van der Waals surface area contributed by atoms with Gasteiger partial charge in [-0.05, 0) is 48.6 Å². The number of pyridine rings is 1. The van der Waals surface area contributed by atoms with Crippen LogP contribution in [0.2, 0.25) is 0 Å². The minimum absolute atomic E-state index is 0.349. The zero-order chi connectivity index (χ0) is 14.1. The summed E-state index contributed by atoms with van der Waals surface area (Å²) in [5.74, 6) is 0.349. The van der Waals surface area contributed by atoms with Gasteiger partial charge in [0.15, 0.2) is 0 Å². The van der Waals surface area contributed by atoms with Crippen molar-refractivity contribution in [1.29, 1.82) is 0 Å². The zero-order valence-electron chi connectivity index (χ0n) is 12.2. The monoisotopic (exact) mass is 276 g/mol. The van der Waals surface area contributed by atoms with E-state index in [1.54, 1.807) is 0 Å². The van der Waals surface area contributed by atoms with E-state index >= 15 is 0 Å². The van der Waals surface area contributed by atoms with Crippen LogP contribution < -0.4 is 5.32 Å². The van der Waals surface area contributed by atoms with E-state index in [-0.39, 0.29) is 0 Å². The summed E-state index contributed by atoms with van der Waals surface area (Å²) >= 11 is 0. The Balaban J connectivity index is 1.91. The first-order valence-corrected chi connectivity index (χ1v) is 7.85. The predicted octanol–water partition coefficient (Wildman–Crippen LogP) is 3.23. The third-order valence-corrected chi connectivity index (χ3v) is 4.70. The molecule has 0 amide bonds. The maximum atomic E-state index is 4.77. The van der Waals surface area contributed by atoms with Crippen LogP contribution in [0.3, 0.4) is 0 Å². The van der Waals surface area contributed by atoms with Gasteiger partial charge in [0.1, 0.15) is 0 Å². The molecule has 4 rings (SSSR count). The van der Waals surface area contributed by atoms with Crippen LogP contribution in [0.1, 0.15) is 34.7 Å². The second-order valence-corrected chi connectivity index (χ2v) is 5.91. The molecule has 1 unspecified atom stereocenters. The van der Waals surface area contributed by atoms with Crippen molar-refractivity contribution in [3.05, 3.63) is 76.6 Å². The number of hydrogen-bond donors (Lipinski definition) is 1. The summed E-state index contributed by atoms with van der Waals surface area (Å²) in [4.78, 5) is 4.77. The summed E-state index contributed by atoms with van der Waals surface area (Å²) in [6, 6.07) is 13.2. The van der Waals surface area contributed by atoms with E-state index in [2.05, 4.69) is 47.8 Å². The number of rotatable bonds is 1. The Morgan fingerprint density at radius 2 is 1.81 bits per heavy atom. The average Bonchev–Trinajstić information content (AvgIpc) is 2.72. The highest BCUT2D eigenvalue weighted by molar-refractivity contribution is 5.48. The molecule has 1 aromatic carbocycles. The summed E-state index contributed by atoms with van der Waals surface area (Å²) in [7, 11) is 0. The maximum absolute atomic E-state index is 4.77. The first-order valence-electron chi connectivity index (χ1n) is 7.85. The van der Waals surface area contributed by atoms with E-state index in [0.29, 0.717) is 5.92 Å². The van der Waals surface area contributed by atoms with Gasteiger partial charge in [0.25, 0.3) is 0 Å². The number of aryl methyl sites for hydroxylation is 2. The Morgan fingerprint density at radius 1 is 0.952 bits per heavy atom. The lowest BCUT2D eigenvalue weighted by Gasteiger charge is -2.25. The van der Waals surface area contributed by atoms with E-state index in [0.717, 1.165) is 32.4 Å². The first kappa shape index (κ1) is 12.8. The van der Waals surface area contributed by atoms with Crippen molar-refractivity contribution >= 4 is 0 Å². The van der Waals surface area contributed by atoms with Gasteiger partial charge in [-0.3, -0.25) is 4.98 Å². The van der Waals surface area contributed by atoms with Crippen LogP contribution in [0.25, 0.3) is 0 Å². The molecular formula is C19H20N2. The third-order valence-electron chi connectivity index (χ3n) is 4.70. The fourth-order valence-corrected chi connectivity index (χ4v) is 3.66. The molecule has 1 aliphatic carbocycles. The molecule has 0 saturated carbocycles. The van der Waals surface area contributed by atoms with Crippen molar-refractivity contribution < 1.29 is 0 Å². The van der Waals surface area contributed by atoms with E-state index in [1.807, 2.05) is 6.20 Å². The van der Waals surface area contributed by atoms with Crippen molar-refractivity contribution in [1.82, 2.24) is 10.3 Å². The van der Waals surface area contributed by atoms with Gasteiger partial charge in [-0.25, -0.2) is 0 Å². The topological polar surface area (TPSA) is 24.9 Å². The fourth-order valence-electron chi connectivity index (χ4n) is 3.66. The predicted molar refractivity (Wildman–Crippen MR) is 85.5 cm³/mol. The van der Waals surface area contributed by atoms with Gasteiger partial charge >= 0.3 is 0 Å². The van der Waals surface area contributed by atoms with Crippen molar-refractivity contribution in [3.8, 4) is 0 Å². The molecule has 0 radical (unpaired) electrons. The summed E-state index contributed by atoms with van der Waals surface area (Å²) in [5.41, 5.74) is 7.17. The summed E-state index contributed by atoms with van der Waals surface area (Å²) in [6.45, 7) is 2.06. The molecule has 0 saturated heterocycles. The third kappa shape index (κ3) is 2.30. The number of fused-ring (bicyclic) bond motifs is 2. The summed E-state index contributed by atoms with van der Waals surface area (Å²) in [5, 5.41) is 3.42. The van der Waals surface area contributed by atoms with Crippen LogP contribution in [0, 0.1) is 0 Å². The zero-order valence-corrected chi connectivity index (χ0v) is 12.2. The molecule has 1 atom stereocenters. The molecule has 1 aromatic heterocycles. The summed E-state index contributed by atoms with van der Waals surface area (Å²) < 4.78 is 0. The van der Waals surface area contributed by atoms with Gasteiger partial charge in [-0.1, -0.05) is 42.0 Å². The Hall–Kier alpha value is -1.93. The highest BCUT2D eigenvalue weighted by Gasteiger charge is 2.27. The van der Waals surface area contributed by atoms with E-state index < -0.39 is 0 Å². The molecular weight excluding hydrogens is 256 g/mol. The Labute approximate surface area is 125 Å². The smallest absolute Gasteiger partial charge is 0.0551 e. The van der Waals surface area contributed by atoms with Crippen LogP contribution in [-0.2, 0) is 12.8 Å². The normalized spacial score (nSPS) is 21.0. The standard InChI is InChI=1S/C19H20N2/c1-2-6-17-14(4-1)7-8-16-5-3-11-21-19(16)18(17)15-9-12-20-13-10-15/h1-6,9,11,18,20H,7-8,10,12-13H2. The molecule has 21 heavy (non-hydrogen) atoms. The second-order valence-electron chi connectivity index (χ2n) is 5.91. The van der Waals surface area contributed by atoms with E-state index in [1.165, 1.54) is 28.0 Å². The highest BCUT2D eigenvalue weighted by Crippen LogP contribution is 2.39. The summed E-state index contributed by atoms with van der Waals surface area (Å²) in [6.07, 6.45) is 7.66. The quantitative estimate of drug-likeness (QED) is 0.809. The largest absolute Gasteiger partial charge is 0.313 e. The minimum atomic E-state index is 0.349. The number of nitrogens with one attached hydrogen (secondary N) is 1. The minimum Gasteiger partial charge on any atom is -0.313 e. The molecule has 2 nitrogen and oxygen atoms in total. The van der Waals surface area contributed by atoms with Gasteiger partial charge in [0, 0.05) is 18.7 Å². The molecule has 1 N–H and O–H groups in total. The van der Waals surface area contributed by atoms with E-state index in [9.17, 15) is 0 Å². The SMILES string of the molecule is C1=C(C2c3ccccc3CCc3cccnc32)CCNC1. The maximum Gasteiger partial charge on any atom is 0.0551 e. The molecule has 0 bridgehead atoms. The molecule has 0 spiro atoms. The van der Waals surface area contributed by atoms with Crippen LogP contribution in [0.4, 0.5) is 0 Å². The van der Waals surface area contributed by atoms with Crippen molar-refractivity contribution in [2.24, 2.45) is 0 Å². The van der Waals surface area contributed by atoms with E-state index in [4.69, 9.17) is 4.98 Å².